The van der Waals surface area contributed by atoms with E-state index in [1.807, 2.05) is 0 Å². The molecule has 8 heteroatoms. The van der Waals surface area contributed by atoms with E-state index in [0.717, 1.165) is 44.9 Å². The molecule has 0 aromatic rings. The van der Waals surface area contributed by atoms with Crippen molar-refractivity contribution in [1.29, 1.82) is 0 Å². The number of aliphatic hydroxyl groups is 1. The molecule has 196 valence electrons. The summed E-state index contributed by atoms with van der Waals surface area (Å²) in [6.45, 7) is 1.31. The number of carbonyl (C=O) groups is 1. The van der Waals surface area contributed by atoms with Crippen LogP contribution in [0.3, 0.4) is 0 Å². The van der Waals surface area contributed by atoms with Crippen LogP contribution in [-0.2, 0) is 18.6 Å². The first kappa shape index (κ1) is 32.7. The van der Waals surface area contributed by atoms with Crippen LogP contribution >= 0.6 is 7.82 Å². The summed E-state index contributed by atoms with van der Waals surface area (Å²) in [4.78, 5) is 28.7. The number of carbonyl (C=O) groups excluding carboxylic acids is 1. The van der Waals surface area contributed by atoms with Crippen LogP contribution in [0.4, 0.5) is 0 Å². The fraction of sp³-hybridized carbons (Fsp3) is 0.808. The normalized spacial score (nSPS) is 11.8. The van der Waals surface area contributed by atoms with Crippen LogP contribution < -0.4 is 0 Å². The lowest BCUT2D eigenvalue weighted by molar-refractivity contribution is -0.147. The molecule has 0 bridgehead atoms. The van der Waals surface area contributed by atoms with Gasteiger partial charge in [-0.2, -0.15) is 0 Å². The van der Waals surface area contributed by atoms with Crippen molar-refractivity contribution < 1.29 is 33.5 Å². The summed E-state index contributed by atoms with van der Waals surface area (Å²) in [6.07, 6.45) is 17.3. The zero-order chi connectivity index (χ0) is 25.3. The van der Waals surface area contributed by atoms with Crippen LogP contribution in [0, 0.1) is 23.7 Å². The van der Waals surface area contributed by atoms with E-state index in [4.69, 9.17) is 14.5 Å². The van der Waals surface area contributed by atoms with Crippen molar-refractivity contribution in [1.82, 2.24) is 0 Å². The summed E-state index contributed by atoms with van der Waals surface area (Å²) in [5.41, 5.74) is 0. The SMILES string of the molecule is CCCCCCCCCCC#CC#CCCCCCCCCC(=O)OCC(O)COP(=O)(O)O. The van der Waals surface area contributed by atoms with Crippen molar-refractivity contribution >= 4 is 13.8 Å². The molecule has 0 radical (unpaired) electrons. The minimum Gasteiger partial charge on any atom is -0.463 e. The average molecular weight is 501 g/mol. The standard InChI is InChI=1S/C26H45O7P/c1-2-3-4-5-6-7-8-9-10-11-12-13-14-15-16-17-18-19-20-21-22-26(28)32-23-25(27)24-33-34(29,30)31/h25,27H,2-10,15-24H2,1H3,(H2,29,30,31). The summed E-state index contributed by atoms with van der Waals surface area (Å²) in [5.74, 6) is 11.7. The van der Waals surface area contributed by atoms with Crippen LogP contribution in [0.5, 0.6) is 0 Å². The van der Waals surface area contributed by atoms with E-state index < -0.39 is 26.5 Å². The average Bonchev–Trinajstić information content (AvgIpc) is 2.79. The number of hydrogen-bond donors (Lipinski definition) is 3. The first-order valence-electron chi connectivity index (χ1n) is 12.8. The smallest absolute Gasteiger partial charge is 0.463 e. The van der Waals surface area contributed by atoms with Gasteiger partial charge in [0.1, 0.15) is 12.7 Å². The summed E-state index contributed by atoms with van der Waals surface area (Å²) in [5, 5.41) is 9.44. The van der Waals surface area contributed by atoms with Gasteiger partial charge in [-0.15, -0.1) is 0 Å². The second-order valence-electron chi connectivity index (χ2n) is 8.57. The Kier molecular flexibility index (Phi) is 22.5. The van der Waals surface area contributed by atoms with E-state index in [9.17, 15) is 14.5 Å². The van der Waals surface area contributed by atoms with Crippen LogP contribution in [-0.4, -0.2) is 40.2 Å². The summed E-state index contributed by atoms with van der Waals surface area (Å²) < 4.78 is 19.5. The molecule has 7 nitrogen and oxygen atoms in total. The maximum Gasteiger partial charge on any atom is 0.469 e. The van der Waals surface area contributed by atoms with Gasteiger partial charge in [-0.3, -0.25) is 9.32 Å². The Bertz CT molecular complexity index is 666. The molecule has 0 aliphatic rings. The summed E-state index contributed by atoms with van der Waals surface area (Å²) in [7, 11) is -4.63. The third kappa shape index (κ3) is 26.9. The molecule has 0 rings (SSSR count). The number of aliphatic hydroxyl groups excluding tert-OH is 1. The Morgan fingerprint density at radius 2 is 1.24 bits per heavy atom. The fourth-order valence-corrected chi connectivity index (χ4v) is 3.61. The molecule has 3 N–H and O–H groups in total. The number of esters is 1. The van der Waals surface area contributed by atoms with Crippen LogP contribution in [0.15, 0.2) is 0 Å². The van der Waals surface area contributed by atoms with Gasteiger partial charge < -0.3 is 19.6 Å². The molecule has 0 aromatic heterocycles. The number of unbranched alkanes of at least 4 members (excludes halogenated alkanes) is 14. The van der Waals surface area contributed by atoms with Crippen LogP contribution in [0.25, 0.3) is 0 Å². The third-order valence-corrected chi connectivity index (χ3v) is 5.68. The quantitative estimate of drug-likeness (QED) is 0.0807. The van der Waals surface area contributed by atoms with Gasteiger partial charge in [0.25, 0.3) is 0 Å². The Balaban J connectivity index is 3.44. The highest BCUT2D eigenvalue weighted by Crippen LogP contribution is 2.35. The van der Waals surface area contributed by atoms with Crippen LogP contribution in [0.1, 0.15) is 116 Å². The van der Waals surface area contributed by atoms with Crippen molar-refractivity contribution in [3.8, 4) is 23.7 Å². The van der Waals surface area contributed by atoms with E-state index in [0.29, 0.717) is 6.42 Å². The lowest BCUT2D eigenvalue weighted by atomic mass is 10.1. The van der Waals surface area contributed by atoms with Crippen molar-refractivity contribution in [3.63, 3.8) is 0 Å². The predicted molar refractivity (Wildman–Crippen MR) is 135 cm³/mol. The molecular formula is C26H45O7P. The maximum absolute atomic E-state index is 11.6. The summed E-state index contributed by atoms with van der Waals surface area (Å²) >= 11 is 0. The van der Waals surface area contributed by atoms with Crippen molar-refractivity contribution in [2.45, 2.75) is 122 Å². The molecule has 1 atom stereocenters. The lowest BCUT2D eigenvalue weighted by Gasteiger charge is -2.12. The van der Waals surface area contributed by atoms with Crippen LogP contribution in [0.2, 0.25) is 0 Å². The van der Waals surface area contributed by atoms with E-state index in [-0.39, 0.29) is 13.0 Å². The van der Waals surface area contributed by atoms with E-state index in [1.54, 1.807) is 0 Å². The molecule has 0 spiro atoms. The lowest BCUT2D eigenvalue weighted by Crippen LogP contribution is -2.23. The number of phosphoric acid groups is 1. The van der Waals surface area contributed by atoms with Gasteiger partial charge in [0.2, 0.25) is 0 Å². The molecule has 0 saturated carbocycles. The van der Waals surface area contributed by atoms with Crippen molar-refractivity contribution in [2.75, 3.05) is 13.2 Å². The number of hydrogen-bond acceptors (Lipinski definition) is 5. The Hall–Kier alpha value is -1.34. The first-order valence-corrected chi connectivity index (χ1v) is 14.4. The Labute approximate surface area is 206 Å². The number of ether oxygens (including phenoxy) is 1. The first-order chi connectivity index (χ1) is 16.3. The van der Waals surface area contributed by atoms with E-state index in [1.165, 1.54) is 51.4 Å². The largest absolute Gasteiger partial charge is 0.469 e. The van der Waals surface area contributed by atoms with E-state index >= 15 is 0 Å². The fourth-order valence-electron chi connectivity index (χ4n) is 3.24. The second-order valence-corrected chi connectivity index (χ2v) is 9.81. The van der Waals surface area contributed by atoms with Gasteiger partial charge in [-0.1, -0.05) is 89.4 Å². The van der Waals surface area contributed by atoms with Gasteiger partial charge in [0.15, 0.2) is 0 Å². The third-order valence-electron chi connectivity index (χ3n) is 5.20. The van der Waals surface area contributed by atoms with Crippen molar-refractivity contribution in [2.24, 2.45) is 0 Å². The molecule has 0 heterocycles. The predicted octanol–water partition coefficient (Wildman–Crippen LogP) is 5.66. The highest BCUT2D eigenvalue weighted by molar-refractivity contribution is 7.46. The van der Waals surface area contributed by atoms with Crippen molar-refractivity contribution in [3.05, 3.63) is 0 Å². The molecule has 1 unspecified atom stereocenters. The molecule has 0 aromatic carbocycles. The van der Waals surface area contributed by atoms with Gasteiger partial charge in [0.05, 0.1) is 6.61 Å². The molecule has 0 saturated heterocycles. The van der Waals surface area contributed by atoms with Gasteiger partial charge in [-0.05, 0) is 31.1 Å². The number of rotatable bonds is 21. The second kappa shape index (κ2) is 23.4. The highest BCUT2D eigenvalue weighted by Gasteiger charge is 2.17. The van der Waals surface area contributed by atoms with E-state index in [2.05, 4.69) is 35.1 Å². The van der Waals surface area contributed by atoms with Gasteiger partial charge in [-0.25, -0.2) is 4.57 Å². The molecule has 0 fully saturated rings. The van der Waals surface area contributed by atoms with Gasteiger partial charge in [0, 0.05) is 19.3 Å². The highest BCUT2D eigenvalue weighted by atomic mass is 31.2. The topological polar surface area (TPSA) is 113 Å². The minimum atomic E-state index is -4.63. The molecule has 0 aliphatic carbocycles. The van der Waals surface area contributed by atoms with Gasteiger partial charge >= 0.3 is 13.8 Å². The maximum atomic E-state index is 11.6. The minimum absolute atomic E-state index is 0.259. The Morgan fingerprint density at radius 1 is 0.765 bits per heavy atom. The Morgan fingerprint density at radius 3 is 1.74 bits per heavy atom. The molecular weight excluding hydrogens is 455 g/mol. The number of phosphoric ester groups is 1. The monoisotopic (exact) mass is 500 g/mol. The summed E-state index contributed by atoms with van der Waals surface area (Å²) in [6, 6.07) is 0. The zero-order valence-corrected chi connectivity index (χ0v) is 21.8. The molecule has 0 aliphatic heterocycles. The molecule has 0 amide bonds. The molecule has 34 heavy (non-hydrogen) atoms. The zero-order valence-electron chi connectivity index (χ0n) is 20.9.